The molecule has 138 valence electrons. The second-order valence-electron chi connectivity index (χ2n) is 7.16. The van der Waals surface area contributed by atoms with Crippen LogP contribution in [-0.2, 0) is 0 Å². The Bertz CT molecular complexity index is 1080. The molecular weight excluding hydrogens is 336 g/mol. The molecule has 1 aromatic heterocycles. The zero-order valence-electron chi connectivity index (χ0n) is 16.4. The normalized spacial score (nSPS) is 12.0. The lowest BCUT2D eigenvalue weighted by Crippen LogP contribution is -2.30. The first-order chi connectivity index (χ1) is 12.8. The van der Waals surface area contributed by atoms with Gasteiger partial charge in [-0.1, -0.05) is 29.8 Å². The summed E-state index contributed by atoms with van der Waals surface area (Å²) in [7, 11) is 0. The molecule has 0 aliphatic heterocycles. The van der Waals surface area contributed by atoms with Gasteiger partial charge in [0.05, 0.1) is 5.69 Å². The van der Waals surface area contributed by atoms with Crippen LogP contribution in [0.1, 0.15) is 45.6 Å². The van der Waals surface area contributed by atoms with E-state index < -0.39 is 6.04 Å². The number of ketones is 1. The molecule has 4 nitrogen and oxygen atoms in total. The molecule has 0 amide bonds. The van der Waals surface area contributed by atoms with Gasteiger partial charge in [0.25, 0.3) is 5.56 Å². The predicted molar refractivity (Wildman–Crippen MR) is 108 cm³/mol. The molecule has 0 bridgehead atoms. The minimum Gasteiger partial charge on any atom is -0.292 e. The largest absolute Gasteiger partial charge is 0.292 e. The Hall–Kier alpha value is -3.01. The molecule has 1 unspecified atom stereocenters. The monoisotopic (exact) mass is 360 g/mol. The maximum atomic E-state index is 12.9. The maximum absolute atomic E-state index is 12.9. The van der Waals surface area contributed by atoms with Crippen LogP contribution in [-0.4, -0.2) is 15.6 Å². The Balaban J connectivity index is 2.03. The van der Waals surface area contributed by atoms with Crippen molar-refractivity contribution in [1.82, 2.24) is 9.78 Å². The van der Waals surface area contributed by atoms with E-state index in [4.69, 9.17) is 0 Å². The molecule has 0 spiro atoms. The van der Waals surface area contributed by atoms with Gasteiger partial charge in [-0.2, -0.15) is 5.10 Å². The van der Waals surface area contributed by atoms with Crippen LogP contribution in [0.4, 0.5) is 0 Å². The summed E-state index contributed by atoms with van der Waals surface area (Å²) in [5.74, 6) is -0.120. The van der Waals surface area contributed by atoms with E-state index in [1.807, 2.05) is 58.0 Å². The fourth-order valence-electron chi connectivity index (χ4n) is 3.11. The van der Waals surface area contributed by atoms with Crippen LogP contribution in [0, 0.1) is 27.7 Å². The summed E-state index contributed by atoms with van der Waals surface area (Å²) in [6, 6.07) is 14.2. The zero-order valence-corrected chi connectivity index (χ0v) is 16.4. The van der Waals surface area contributed by atoms with Crippen LogP contribution in [0.15, 0.2) is 53.3 Å². The van der Waals surface area contributed by atoms with Gasteiger partial charge in [-0.15, -0.1) is 0 Å². The van der Waals surface area contributed by atoms with Crippen LogP contribution in [0.5, 0.6) is 0 Å². The zero-order chi connectivity index (χ0) is 19.7. The summed E-state index contributed by atoms with van der Waals surface area (Å²) in [6.45, 7) is 9.73. The fraction of sp³-hybridized carbons (Fsp3) is 0.261. The Kier molecular flexibility index (Phi) is 5.08. The van der Waals surface area contributed by atoms with E-state index >= 15 is 0 Å². The van der Waals surface area contributed by atoms with Crippen molar-refractivity contribution in [3.05, 3.63) is 86.7 Å². The third kappa shape index (κ3) is 3.75. The number of hydrogen-bond acceptors (Lipinski definition) is 3. The minimum absolute atomic E-state index is 0.120. The molecular formula is C23H24N2O2. The number of rotatable bonds is 4. The number of aryl methyl sites for hydroxylation is 4. The molecule has 1 atom stereocenters. The van der Waals surface area contributed by atoms with Gasteiger partial charge < -0.3 is 0 Å². The molecule has 3 aromatic rings. The first kappa shape index (κ1) is 18.8. The summed E-state index contributed by atoms with van der Waals surface area (Å²) in [5, 5.41) is 4.51. The number of benzene rings is 2. The SMILES string of the molecule is Cc1ccc(C)c(-c2ccc(=O)n(C(C)C(=O)c3ccc(C)c(C)c3)n2)c1. The summed E-state index contributed by atoms with van der Waals surface area (Å²) in [4.78, 5) is 25.3. The second-order valence-corrected chi connectivity index (χ2v) is 7.16. The van der Waals surface area contributed by atoms with Crippen molar-refractivity contribution in [3.63, 3.8) is 0 Å². The molecule has 4 heteroatoms. The van der Waals surface area contributed by atoms with Crippen molar-refractivity contribution in [3.8, 4) is 11.3 Å². The van der Waals surface area contributed by atoms with Crippen molar-refractivity contribution in [1.29, 1.82) is 0 Å². The molecule has 0 radical (unpaired) electrons. The fourth-order valence-corrected chi connectivity index (χ4v) is 3.11. The summed E-state index contributed by atoms with van der Waals surface area (Å²) in [6.07, 6.45) is 0. The molecule has 0 aliphatic rings. The van der Waals surface area contributed by atoms with Crippen LogP contribution < -0.4 is 5.56 Å². The summed E-state index contributed by atoms with van der Waals surface area (Å²) < 4.78 is 1.29. The number of carbonyl (C=O) groups excluding carboxylic acids is 1. The smallest absolute Gasteiger partial charge is 0.267 e. The molecule has 3 rings (SSSR count). The first-order valence-corrected chi connectivity index (χ1v) is 9.07. The van der Waals surface area contributed by atoms with Gasteiger partial charge in [-0.25, -0.2) is 4.68 Å². The van der Waals surface area contributed by atoms with Gasteiger partial charge in [-0.05, 0) is 69.5 Å². The molecule has 0 aliphatic carbocycles. The van der Waals surface area contributed by atoms with Crippen LogP contribution >= 0.6 is 0 Å². The van der Waals surface area contributed by atoms with Gasteiger partial charge in [-0.3, -0.25) is 9.59 Å². The van der Waals surface area contributed by atoms with Crippen molar-refractivity contribution in [2.45, 2.75) is 40.7 Å². The van der Waals surface area contributed by atoms with Crippen molar-refractivity contribution < 1.29 is 4.79 Å². The van der Waals surface area contributed by atoms with Crippen LogP contribution in [0.25, 0.3) is 11.3 Å². The first-order valence-electron chi connectivity index (χ1n) is 9.07. The minimum atomic E-state index is -0.676. The number of Topliss-reactive ketones (excluding diaryl/α,β-unsaturated/α-hetero) is 1. The highest BCUT2D eigenvalue weighted by Gasteiger charge is 2.20. The van der Waals surface area contributed by atoms with E-state index in [1.165, 1.54) is 10.7 Å². The van der Waals surface area contributed by atoms with E-state index in [-0.39, 0.29) is 11.3 Å². The Labute approximate surface area is 159 Å². The molecule has 0 N–H and O–H groups in total. The number of nitrogens with zero attached hydrogens (tertiary/aromatic N) is 2. The molecule has 1 heterocycles. The third-order valence-corrected chi connectivity index (χ3v) is 5.03. The Morgan fingerprint density at radius 2 is 1.59 bits per heavy atom. The van der Waals surface area contributed by atoms with Crippen LogP contribution in [0.2, 0.25) is 0 Å². The van der Waals surface area contributed by atoms with Gasteiger partial charge in [0.2, 0.25) is 0 Å². The topological polar surface area (TPSA) is 52.0 Å². The maximum Gasteiger partial charge on any atom is 0.267 e. The number of aromatic nitrogens is 2. The highest BCUT2D eigenvalue weighted by Crippen LogP contribution is 2.23. The molecule has 2 aromatic carbocycles. The van der Waals surface area contributed by atoms with Crippen LogP contribution in [0.3, 0.4) is 0 Å². The second kappa shape index (κ2) is 7.31. The van der Waals surface area contributed by atoms with Gasteiger partial charge >= 0.3 is 0 Å². The van der Waals surface area contributed by atoms with Crippen molar-refractivity contribution in [2.24, 2.45) is 0 Å². The average Bonchev–Trinajstić information content (AvgIpc) is 2.65. The quantitative estimate of drug-likeness (QED) is 0.640. The van der Waals surface area contributed by atoms with E-state index in [0.29, 0.717) is 11.3 Å². The van der Waals surface area contributed by atoms with Gasteiger partial charge in [0, 0.05) is 17.2 Å². The highest BCUT2D eigenvalue weighted by atomic mass is 16.1. The van der Waals surface area contributed by atoms with Gasteiger partial charge in [0.15, 0.2) is 5.78 Å². The Morgan fingerprint density at radius 3 is 2.30 bits per heavy atom. The van der Waals surface area contributed by atoms with E-state index in [9.17, 15) is 9.59 Å². The number of hydrogen-bond donors (Lipinski definition) is 0. The molecule has 27 heavy (non-hydrogen) atoms. The lowest BCUT2D eigenvalue weighted by molar-refractivity contribution is 0.0925. The highest BCUT2D eigenvalue weighted by molar-refractivity contribution is 5.99. The average molecular weight is 360 g/mol. The van der Waals surface area contributed by atoms with E-state index in [2.05, 4.69) is 5.10 Å². The summed E-state index contributed by atoms with van der Waals surface area (Å²) >= 11 is 0. The predicted octanol–water partition coefficient (Wildman–Crippen LogP) is 4.59. The summed E-state index contributed by atoms with van der Waals surface area (Å²) in [5.41, 5.74) is 6.35. The Morgan fingerprint density at radius 1 is 0.889 bits per heavy atom. The molecule has 0 saturated carbocycles. The third-order valence-electron chi connectivity index (χ3n) is 5.03. The molecule has 0 fully saturated rings. The van der Waals surface area contributed by atoms with Gasteiger partial charge in [0.1, 0.15) is 6.04 Å². The standard InChI is InChI=1S/C23H24N2O2/c1-14-6-7-16(3)20(12-14)21-10-11-22(26)25(24-21)18(5)23(27)19-9-8-15(2)17(4)13-19/h6-13,18H,1-5H3. The lowest BCUT2D eigenvalue weighted by atomic mass is 10.0. The van der Waals surface area contributed by atoms with E-state index in [0.717, 1.165) is 27.8 Å². The molecule has 0 saturated heterocycles. The van der Waals surface area contributed by atoms with Crippen molar-refractivity contribution >= 4 is 5.78 Å². The van der Waals surface area contributed by atoms with Crippen molar-refractivity contribution in [2.75, 3.05) is 0 Å². The van der Waals surface area contributed by atoms with E-state index in [1.54, 1.807) is 19.1 Å². The lowest BCUT2D eigenvalue weighted by Gasteiger charge is -2.15. The number of carbonyl (C=O) groups is 1.